The summed E-state index contributed by atoms with van der Waals surface area (Å²) >= 11 is 1.74. The number of rotatable bonds is 5. The largest absolute Gasteiger partial charge is 0.346 e. The Morgan fingerprint density at radius 3 is 3.20 bits per heavy atom. The molecule has 0 bridgehead atoms. The van der Waals surface area contributed by atoms with Crippen LogP contribution in [0.4, 0.5) is 0 Å². The van der Waals surface area contributed by atoms with E-state index in [9.17, 15) is 0 Å². The highest BCUT2D eigenvalue weighted by Crippen LogP contribution is 2.17. The van der Waals surface area contributed by atoms with E-state index in [1.165, 1.54) is 19.3 Å². The molecule has 2 rings (SSSR count). The Labute approximate surface area is 93.7 Å². The minimum absolute atomic E-state index is 0.876. The number of hydrogen-bond acceptors (Lipinski definition) is 3. The lowest BCUT2D eigenvalue weighted by Crippen LogP contribution is -1.88. The Morgan fingerprint density at radius 1 is 1.40 bits per heavy atom. The molecule has 0 saturated carbocycles. The summed E-state index contributed by atoms with van der Waals surface area (Å²) in [5, 5.41) is 1.95. The highest BCUT2D eigenvalue weighted by molar-refractivity contribution is 7.99. The lowest BCUT2D eigenvalue weighted by Gasteiger charge is -1.99. The normalized spacial score (nSPS) is 11.0. The average Bonchev–Trinajstić information content (AvgIpc) is 2.71. The molecule has 2 aromatic rings. The zero-order chi connectivity index (χ0) is 10.5. The number of aromatic amines is 1. The maximum Gasteiger partial charge on any atom is 0.189 e. The third-order valence-electron chi connectivity index (χ3n) is 2.26. The molecule has 0 aliphatic carbocycles. The highest BCUT2D eigenvalue weighted by atomic mass is 32.2. The van der Waals surface area contributed by atoms with E-state index in [1.54, 1.807) is 11.8 Å². The first-order valence-corrected chi connectivity index (χ1v) is 6.31. The van der Waals surface area contributed by atoms with Crippen molar-refractivity contribution in [2.24, 2.45) is 0 Å². The number of nitrogens with one attached hydrogen (secondary N) is 1. The van der Waals surface area contributed by atoms with Gasteiger partial charge in [-0.15, -0.1) is 0 Å². The molecule has 0 saturated heterocycles. The van der Waals surface area contributed by atoms with Gasteiger partial charge in [0.25, 0.3) is 0 Å². The lowest BCUT2D eigenvalue weighted by molar-refractivity contribution is 0.777. The molecule has 1 N–H and O–H groups in total. The molecule has 2 aromatic heterocycles. The highest BCUT2D eigenvalue weighted by Gasteiger charge is 2.00. The summed E-state index contributed by atoms with van der Waals surface area (Å²) < 4.78 is 0. The van der Waals surface area contributed by atoms with Crippen LogP contribution < -0.4 is 0 Å². The zero-order valence-electron chi connectivity index (χ0n) is 8.86. The first kappa shape index (κ1) is 10.5. The Balaban J connectivity index is 1.96. The summed E-state index contributed by atoms with van der Waals surface area (Å²) in [6.07, 6.45) is 7.56. The molecule has 0 radical (unpaired) electrons. The second-order valence-corrected chi connectivity index (χ2v) is 4.55. The molecule has 0 fully saturated rings. The van der Waals surface area contributed by atoms with E-state index in [1.807, 2.05) is 18.5 Å². The molecule has 0 aliphatic rings. The zero-order valence-corrected chi connectivity index (χ0v) is 9.68. The molecule has 3 nitrogen and oxygen atoms in total. The first-order chi connectivity index (χ1) is 7.40. The lowest BCUT2D eigenvalue weighted by atomic mass is 10.3. The van der Waals surface area contributed by atoms with Gasteiger partial charge in [-0.05, 0) is 12.5 Å². The van der Waals surface area contributed by atoms with Gasteiger partial charge in [0, 0.05) is 23.5 Å². The monoisotopic (exact) mass is 221 g/mol. The minimum Gasteiger partial charge on any atom is -0.346 e. The van der Waals surface area contributed by atoms with Crippen molar-refractivity contribution >= 4 is 22.8 Å². The fourth-order valence-corrected chi connectivity index (χ4v) is 2.22. The van der Waals surface area contributed by atoms with Gasteiger partial charge in [-0.2, -0.15) is 0 Å². The number of H-pyrrole nitrogens is 1. The second kappa shape index (κ2) is 5.16. The molecule has 2 heterocycles. The van der Waals surface area contributed by atoms with Crippen LogP contribution in [0, 0.1) is 0 Å². The van der Waals surface area contributed by atoms with Crippen molar-refractivity contribution in [3.8, 4) is 0 Å². The maximum atomic E-state index is 4.43. The van der Waals surface area contributed by atoms with Crippen LogP contribution >= 0.6 is 11.8 Å². The van der Waals surface area contributed by atoms with E-state index in [2.05, 4.69) is 21.9 Å². The summed E-state index contributed by atoms with van der Waals surface area (Å²) in [6, 6.07) is 1.99. The number of hydrogen-bond donors (Lipinski definition) is 1. The molecule has 0 aromatic carbocycles. The van der Waals surface area contributed by atoms with Crippen molar-refractivity contribution in [3.05, 3.63) is 18.5 Å². The van der Waals surface area contributed by atoms with Gasteiger partial charge in [0.2, 0.25) is 0 Å². The fraction of sp³-hybridized carbons (Fsp3) is 0.455. The van der Waals surface area contributed by atoms with E-state index in [4.69, 9.17) is 0 Å². The number of fused-ring (bicyclic) bond motifs is 1. The van der Waals surface area contributed by atoms with Gasteiger partial charge in [-0.1, -0.05) is 31.5 Å². The van der Waals surface area contributed by atoms with Gasteiger partial charge in [-0.25, -0.2) is 9.97 Å². The molecule has 80 valence electrons. The van der Waals surface area contributed by atoms with Gasteiger partial charge in [-0.3, -0.25) is 0 Å². The van der Waals surface area contributed by atoms with Crippen LogP contribution in [0.1, 0.15) is 26.2 Å². The number of unbranched alkanes of at least 4 members (excludes halogenated alkanes) is 2. The summed E-state index contributed by atoms with van der Waals surface area (Å²) in [5.41, 5.74) is 0.933. The van der Waals surface area contributed by atoms with Crippen molar-refractivity contribution < 1.29 is 0 Å². The Bertz CT molecular complexity index is 424. The predicted molar refractivity (Wildman–Crippen MR) is 64.1 cm³/mol. The summed E-state index contributed by atoms with van der Waals surface area (Å²) in [7, 11) is 0. The molecule has 15 heavy (non-hydrogen) atoms. The van der Waals surface area contributed by atoms with Crippen molar-refractivity contribution in [2.45, 2.75) is 31.3 Å². The maximum absolute atomic E-state index is 4.43. The van der Waals surface area contributed by atoms with Crippen LogP contribution in [0.15, 0.2) is 23.6 Å². The molecule has 0 amide bonds. The Morgan fingerprint density at radius 2 is 2.33 bits per heavy atom. The van der Waals surface area contributed by atoms with Crippen molar-refractivity contribution in [1.82, 2.24) is 15.0 Å². The van der Waals surface area contributed by atoms with Gasteiger partial charge < -0.3 is 4.98 Å². The SMILES string of the molecule is CCCCCSc1ncc2cc[nH]c2n1. The van der Waals surface area contributed by atoms with Gasteiger partial charge in [0.1, 0.15) is 5.65 Å². The van der Waals surface area contributed by atoms with Crippen molar-refractivity contribution in [1.29, 1.82) is 0 Å². The van der Waals surface area contributed by atoms with Crippen LogP contribution in [-0.2, 0) is 0 Å². The standard InChI is InChI=1S/C11H15N3S/c1-2-3-4-7-15-11-13-8-9-5-6-12-10(9)14-11/h5-6,8H,2-4,7H2,1H3,(H,12,13,14). The first-order valence-electron chi connectivity index (χ1n) is 5.33. The minimum atomic E-state index is 0.876. The van der Waals surface area contributed by atoms with Gasteiger partial charge >= 0.3 is 0 Å². The summed E-state index contributed by atoms with van der Waals surface area (Å²) in [4.78, 5) is 11.8. The Hall–Kier alpha value is -1.03. The van der Waals surface area contributed by atoms with Crippen LogP contribution in [0.25, 0.3) is 11.0 Å². The van der Waals surface area contributed by atoms with Crippen LogP contribution in [-0.4, -0.2) is 20.7 Å². The second-order valence-electron chi connectivity index (χ2n) is 3.49. The predicted octanol–water partition coefficient (Wildman–Crippen LogP) is 3.24. The quantitative estimate of drug-likeness (QED) is 0.479. The smallest absolute Gasteiger partial charge is 0.189 e. The van der Waals surface area contributed by atoms with Gasteiger partial charge in [0.05, 0.1) is 0 Å². The van der Waals surface area contributed by atoms with Crippen molar-refractivity contribution in [3.63, 3.8) is 0 Å². The number of aromatic nitrogens is 3. The van der Waals surface area contributed by atoms with E-state index in [-0.39, 0.29) is 0 Å². The number of nitrogens with zero attached hydrogens (tertiary/aromatic N) is 2. The van der Waals surface area contributed by atoms with E-state index < -0.39 is 0 Å². The average molecular weight is 221 g/mol. The number of thioether (sulfide) groups is 1. The van der Waals surface area contributed by atoms with Crippen molar-refractivity contribution in [2.75, 3.05) is 5.75 Å². The molecule has 0 unspecified atom stereocenters. The van der Waals surface area contributed by atoms with E-state index in [0.29, 0.717) is 0 Å². The molecular formula is C11H15N3S. The molecule has 0 spiro atoms. The third kappa shape index (κ3) is 2.72. The van der Waals surface area contributed by atoms with Crippen LogP contribution in [0.3, 0.4) is 0 Å². The summed E-state index contributed by atoms with van der Waals surface area (Å²) in [5.74, 6) is 1.11. The molecule has 0 atom stereocenters. The molecule has 0 aliphatic heterocycles. The van der Waals surface area contributed by atoms with Crippen LogP contribution in [0.2, 0.25) is 0 Å². The topological polar surface area (TPSA) is 41.6 Å². The molecular weight excluding hydrogens is 206 g/mol. The van der Waals surface area contributed by atoms with Gasteiger partial charge in [0.15, 0.2) is 5.16 Å². The fourth-order valence-electron chi connectivity index (χ4n) is 1.41. The van der Waals surface area contributed by atoms with E-state index in [0.717, 1.165) is 21.9 Å². The third-order valence-corrected chi connectivity index (χ3v) is 3.20. The molecule has 4 heteroatoms. The van der Waals surface area contributed by atoms with E-state index >= 15 is 0 Å². The Kier molecular flexibility index (Phi) is 3.61. The van der Waals surface area contributed by atoms with Crippen LogP contribution in [0.5, 0.6) is 0 Å². The summed E-state index contributed by atoms with van der Waals surface area (Å²) in [6.45, 7) is 2.21.